The number of hydrogen-bond donors (Lipinski definition) is 1. The van der Waals surface area contributed by atoms with Gasteiger partial charge in [0.25, 0.3) is 11.5 Å². The molecule has 5 nitrogen and oxygen atoms in total. The molecule has 0 atom stereocenters. The maximum Gasteiger partial charge on any atom is 0.258 e. The molecule has 0 aliphatic rings. The molecule has 0 bridgehead atoms. The Bertz CT molecular complexity index is 974. The van der Waals surface area contributed by atoms with Crippen LogP contribution in [0, 0.1) is 13.8 Å². The molecule has 7 heteroatoms. The minimum Gasteiger partial charge on any atom is -0.310 e. The van der Waals surface area contributed by atoms with E-state index in [1.807, 2.05) is 26.0 Å². The molecule has 0 aliphatic carbocycles. The van der Waals surface area contributed by atoms with Gasteiger partial charge in [-0.3, -0.25) is 14.9 Å². The van der Waals surface area contributed by atoms with Crippen LogP contribution in [0.1, 0.15) is 26.5 Å². The minimum absolute atomic E-state index is 0.183. The number of benzene rings is 1. The van der Waals surface area contributed by atoms with Crippen molar-refractivity contribution in [3.63, 3.8) is 0 Å². The molecule has 2 heterocycles. The van der Waals surface area contributed by atoms with Crippen LogP contribution < -0.4 is 10.9 Å². The Labute approximate surface area is 153 Å². The Morgan fingerprint density at radius 3 is 2.76 bits per heavy atom. The van der Waals surface area contributed by atoms with Crippen molar-refractivity contribution in [3.05, 3.63) is 79.7 Å². The van der Waals surface area contributed by atoms with Crippen molar-refractivity contribution >= 4 is 34.0 Å². The van der Waals surface area contributed by atoms with Crippen LogP contribution in [0.4, 0.5) is 5.13 Å². The molecule has 0 radical (unpaired) electrons. The third-order valence-electron chi connectivity index (χ3n) is 3.74. The van der Waals surface area contributed by atoms with Gasteiger partial charge in [-0.25, -0.2) is 4.98 Å². The van der Waals surface area contributed by atoms with Crippen LogP contribution in [0.2, 0.25) is 5.02 Å². The number of nitrogens with zero attached hydrogens (tertiary/aromatic N) is 2. The van der Waals surface area contributed by atoms with Crippen molar-refractivity contribution in [3.8, 4) is 0 Å². The number of anilines is 1. The van der Waals surface area contributed by atoms with Gasteiger partial charge in [0.05, 0.1) is 17.8 Å². The minimum atomic E-state index is -0.298. The van der Waals surface area contributed by atoms with Crippen LogP contribution in [-0.4, -0.2) is 15.5 Å². The van der Waals surface area contributed by atoms with Crippen LogP contribution in [0.15, 0.2) is 47.4 Å². The molecule has 3 aromatic rings. The SMILES string of the molecule is Cc1nc(NC(=O)c2ccc(=O)n(Cc3cccc(Cl)c3)c2)sc1C. The number of thiazole rings is 1. The fraction of sp³-hybridized carbons (Fsp3) is 0.167. The van der Waals surface area contributed by atoms with Crippen LogP contribution in [0.25, 0.3) is 0 Å². The number of amides is 1. The summed E-state index contributed by atoms with van der Waals surface area (Å²) >= 11 is 7.40. The molecule has 0 aliphatic heterocycles. The van der Waals surface area contributed by atoms with E-state index in [4.69, 9.17) is 11.6 Å². The van der Waals surface area contributed by atoms with Crippen LogP contribution in [-0.2, 0) is 6.54 Å². The zero-order valence-electron chi connectivity index (χ0n) is 13.7. The third-order valence-corrected chi connectivity index (χ3v) is 4.96. The summed E-state index contributed by atoms with van der Waals surface area (Å²) in [5.41, 5.74) is 1.99. The van der Waals surface area contributed by atoms with Crippen molar-refractivity contribution in [1.82, 2.24) is 9.55 Å². The lowest BCUT2D eigenvalue weighted by Gasteiger charge is -2.08. The number of aryl methyl sites for hydroxylation is 2. The number of hydrogen-bond acceptors (Lipinski definition) is 4. The van der Waals surface area contributed by atoms with Crippen LogP contribution in [0.5, 0.6) is 0 Å². The zero-order chi connectivity index (χ0) is 18.0. The summed E-state index contributed by atoms with van der Waals surface area (Å²) in [4.78, 5) is 29.9. The number of carbonyl (C=O) groups is 1. The summed E-state index contributed by atoms with van der Waals surface area (Å²) < 4.78 is 1.49. The van der Waals surface area contributed by atoms with Gasteiger partial charge in [-0.2, -0.15) is 0 Å². The molecule has 2 aromatic heterocycles. The average Bonchev–Trinajstić information content (AvgIpc) is 2.87. The molecular weight excluding hydrogens is 358 g/mol. The first kappa shape index (κ1) is 17.4. The van der Waals surface area contributed by atoms with E-state index in [1.165, 1.54) is 28.0 Å². The molecule has 0 fully saturated rings. The van der Waals surface area contributed by atoms with E-state index < -0.39 is 0 Å². The largest absolute Gasteiger partial charge is 0.310 e. The van der Waals surface area contributed by atoms with E-state index in [-0.39, 0.29) is 11.5 Å². The summed E-state index contributed by atoms with van der Waals surface area (Å²) in [6.07, 6.45) is 1.55. The second kappa shape index (κ2) is 7.21. The van der Waals surface area contributed by atoms with Crippen LogP contribution in [0.3, 0.4) is 0 Å². The maximum absolute atomic E-state index is 12.4. The molecule has 1 aromatic carbocycles. The molecule has 0 unspecified atom stereocenters. The zero-order valence-corrected chi connectivity index (χ0v) is 15.3. The number of carbonyl (C=O) groups excluding carboxylic acids is 1. The van der Waals surface area contributed by atoms with Crippen molar-refractivity contribution in [2.45, 2.75) is 20.4 Å². The quantitative estimate of drug-likeness (QED) is 0.754. The van der Waals surface area contributed by atoms with E-state index in [0.29, 0.717) is 22.3 Å². The number of nitrogens with one attached hydrogen (secondary N) is 1. The van der Waals surface area contributed by atoms with Crippen molar-refractivity contribution in [2.24, 2.45) is 0 Å². The van der Waals surface area contributed by atoms with Gasteiger partial charge in [0.15, 0.2) is 5.13 Å². The first-order valence-corrected chi connectivity index (χ1v) is 8.82. The van der Waals surface area contributed by atoms with Gasteiger partial charge in [-0.15, -0.1) is 11.3 Å². The molecule has 128 valence electrons. The monoisotopic (exact) mass is 373 g/mol. The molecule has 3 rings (SSSR count). The summed E-state index contributed by atoms with van der Waals surface area (Å²) in [6, 6.07) is 10.2. The highest BCUT2D eigenvalue weighted by Crippen LogP contribution is 2.21. The Hall–Kier alpha value is -2.44. The lowest BCUT2D eigenvalue weighted by atomic mass is 10.2. The van der Waals surface area contributed by atoms with E-state index in [9.17, 15) is 9.59 Å². The molecule has 0 saturated carbocycles. The second-order valence-corrected chi connectivity index (χ2v) is 7.27. The number of halogens is 1. The normalized spacial score (nSPS) is 10.7. The molecule has 0 saturated heterocycles. The smallest absolute Gasteiger partial charge is 0.258 e. The van der Waals surface area contributed by atoms with Gasteiger partial charge >= 0.3 is 0 Å². The van der Waals surface area contributed by atoms with E-state index in [2.05, 4.69) is 10.3 Å². The lowest BCUT2D eigenvalue weighted by molar-refractivity contribution is 0.102. The highest BCUT2D eigenvalue weighted by molar-refractivity contribution is 7.15. The third kappa shape index (κ3) is 4.15. The van der Waals surface area contributed by atoms with Gasteiger partial charge in [0, 0.05) is 22.2 Å². The Balaban J connectivity index is 1.83. The van der Waals surface area contributed by atoms with Crippen molar-refractivity contribution in [1.29, 1.82) is 0 Å². The van der Waals surface area contributed by atoms with Gasteiger partial charge in [0.1, 0.15) is 0 Å². The topological polar surface area (TPSA) is 64.0 Å². The molecular formula is C18H16ClN3O2S. The van der Waals surface area contributed by atoms with Gasteiger partial charge in [-0.1, -0.05) is 23.7 Å². The molecule has 25 heavy (non-hydrogen) atoms. The van der Waals surface area contributed by atoms with Crippen LogP contribution >= 0.6 is 22.9 Å². The number of pyridine rings is 1. The summed E-state index contributed by atoms with van der Waals surface area (Å²) in [5, 5.41) is 3.93. The lowest BCUT2D eigenvalue weighted by Crippen LogP contribution is -2.22. The Kier molecular flexibility index (Phi) is 5.01. The second-order valence-electron chi connectivity index (χ2n) is 5.63. The predicted molar refractivity (Wildman–Crippen MR) is 101 cm³/mol. The predicted octanol–water partition coefficient (Wildman–Crippen LogP) is 3.88. The molecule has 1 N–H and O–H groups in total. The van der Waals surface area contributed by atoms with Gasteiger partial charge in [0.2, 0.25) is 0 Å². The summed E-state index contributed by atoms with van der Waals surface area (Å²) in [6.45, 7) is 4.19. The van der Waals surface area contributed by atoms with Gasteiger partial charge in [-0.05, 0) is 37.6 Å². The van der Waals surface area contributed by atoms with Gasteiger partial charge < -0.3 is 4.57 Å². The van der Waals surface area contributed by atoms with E-state index >= 15 is 0 Å². The standard InChI is InChI=1S/C18H16ClN3O2S/c1-11-12(2)25-18(20-11)21-17(24)14-6-7-16(23)22(10-14)9-13-4-3-5-15(19)8-13/h3-8,10H,9H2,1-2H3,(H,20,21,24). The van der Waals surface area contributed by atoms with E-state index in [1.54, 1.807) is 18.3 Å². The van der Waals surface area contributed by atoms with E-state index in [0.717, 1.165) is 16.1 Å². The maximum atomic E-state index is 12.4. The molecule has 1 amide bonds. The Morgan fingerprint density at radius 2 is 2.08 bits per heavy atom. The first-order valence-electron chi connectivity index (χ1n) is 7.63. The summed E-state index contributed by atoms with van der Waals surface area (Å²) in [5.74, 6) is -0.298. The average molecular weight is 374 g/mol. The Morgan fingerprint density at radius 1 is 1.28 bits per heavy atom. The number of rotatable bonds is 4. The first-order chi connectivity index (χ1) is 11.9. The highest BCUT2D eigenvalue weighted by atomic mass is 35.5. The highest BCUT2D eigenvalue weighted by Gasteiger charge is 2.11. The molecule has 0 spiro atoms. The number of aromatic nitrogens is 2. The van der Waals surface area contributed by atoms with Crippen molar-refractivity contribution in [2.75, 3.05) is 5.32 Å². The fourth-order valence-electron chi connectivity index (χ4n) is 2.32. The summed E-state index contributed by atoms with van der Waals surface area (Å²) in [7, 11) is 0. The fourth-order valence-corrected chi connectivity index (χ4v) is 3.34. The van der Waals surface area contributed by atoms with Crippen molar-refractivity contribution < 1.29 is 4.79 Å².